The van der Waals surface area contributed by atoms with E-state index in [1.807, 2.05) is 25.1 Å². The molecule has 1 fully saturated rings. The van der Waals surface area contributed by atoms with Gasteiger partial charge in [-0.15, -0.1) is 0 Å². The molecule has 1 unspecified atom stereocenters. The first-order chi connectivity index (χ1) is 8.28. The number of ether oxygens (including phenoxy) is 2. The summed E-state index contributed by atoms with van der Waals surface area (Å²) in [4.78, 5) is 0. The lowest BCUT2D eigenvalue weighted by Crippen LogP contribution is -2.29. The Morgan fingerprint density at radius 2 is 2.35 bits per heavy atom. The van der Waals surface area contributed by atoms with Crippen molar-refractivity contribution in [1.29, 1.82) is 0 Å². The summed E-state index contributed by atoms with van der Waals surface area (Å²) in [6.07, 6.45) is 2.25. The van der Waals surface area contributed by atoms with Gasteiger partial charge in [-0.25, -0.2) is 0 Å². The van der Waals surface area contributed by atoms with E-state index in [0.717, 1.165) is 43.2 Å². The van der Waals surface area contributed by atoms with Gasteiger partial charge in [0, 0.05) is 36.2 Å². The van der Waals surface area contributed by atoms with Crippen LogP contribution in [0.4, 0.5) is 11.4 Å². The lowest BCUT2D eigenvalue weighted by molar-refractivity contribution is 0.0876. The van der Waals surface area contributed by atoms with Crippen LogP contribution in [0.3, 0.4) is 0 Å². The first-order valence-corrected chi connectivity index (χ1v) is 6.15. The molecular formula is C13H20N2O2. The Morgan fingerprint density at radius 1 is 1.47 bits per heavy atom. The summed E-state index contributed by atoms with van der Waals surface area (Å²) in [5.41, 5.74) is 7.56. The highest BCUT2D eigenvalue weighted by Crippen LogP contribution is 2.24. The minimum absolute atomic E-state index is 0.375. The van der Waals surface area contributed by atoms with Gasteiger partial charge >= 0.3 is 0 Å². The molecule has 3 N–H and O–H groups in total. The first-order valence-electron chi connectivity index (χ1n) is 6.15. The Balaban J connectivity index is 2.03. The van der Waals surface area contributed by atoms with Crippen molar-refractivity contribution in [2.45, 2.75) is 25.8 Å². The van der Waals surface area contributed by atoms with Crippen molar-refractivity contribution in [3.63, 3.8) is 0 Å². The van der Waals surface area contributed by atoms with Crippen LogP contribution in [0.15, 0.2) is 18.2 Å². The van der Waals surface area contributed by atoms with Gasteiger partial charge in [-0.1, -0.05) is 0 Å². The molecular weight excluding hydrogens is 216 g/mol. The van der Waals surface area contributed by atoms with E-state index >= 15 is 0 Å². The molecule has 1 atom stereocenters. The molecule has 0 spiro atoms. The van der Waals surface area contributed by atoms with E-state index in [4.69, 9.17) is 15.2 Å². The van der Waals surface area contributed by atoms with Gasteiger partial charge in [-0.2, -0.15) is 0 Å². The molecule has 0 amide bonds. The highest BCUT2D eigenvalue weighted by Gasteiger charge is 2.13. The minimum atomic E-state index is 0.375. The van der Waals surface area contributed by atoms with Gasteiger partial charge in [0.05, 0.1) is 13.2 Å². The third-order valence-corrected chi connectivity index (χ3v) is 2.77. The molecule has 0 aliphatic carbocycles. The second kappa shape index (κ2) is 5.77. The topological polar surface area (TPSA) is 56.5 Å². The maximum atomic E-state index is 5.84. The fraction of sp³-hybridized carbons (Fsp3) is 0.538. The average molecular weight is 236 g/mol. The molecule has 17 heavy (non-hydrogen) atoms. The Labute approximate surface area is 102 Å². The maximum Gasteiger partial charge on any atom is 0.123 e. The van der Waals surface area contributed by atoms with E-state index in [1.54, 1.807) is 0 Å². The van der Waals surface area contributed by atoms with Crippen molar-refractivity contribution in [1.82, 2.24) is 0 Å². The molecule has 0 aromatic heterocycles. The Kier molecular flexibility index (Phi) is 4.09. The van der Waals surface area contributed by atoms with Gasteiger partial charge in [0.15, 0.2) is 0 Å². The van der Waals surface area contributed by atoms with Crippen LogP contribution in [-0.4, -0.2) is 25.9 Å². The van der Waals surface area contributed by atoms with Crippen LogP contribution in [0.1, 0.15) is 19.8 Å². The van der Waals surface area contributed by atoms with E-state index in [-0.39, 0.29) is 0 Å². The number of hydrogen-bond acceptors (Lipinski definition) is 4. The van der Waals surface area contributed by atoms with Gasteiger partial charge in [0.25, 0.3) is 0 Å². The predicted octanol–water partition coefficient (Wildman–Crippen LogP) is 2.26. The molecule has 94 valence electrons. The number of anilines is 2. The van der Waals surface area contributed by atoms with Crippen LogP contribution in [0, 0.1) is 0 Å². The summed E-state index contributed by atoms with van der Waals surface area (Å²) in [6.45, 7) is 4.25. The van der Waals surface area contributed by atoms with E-state index in [1.165, 1.54) is 0 Å². The fourth-order valence-corrected chi connectivity index (χ4v) is 2.05. The van der Waals surface area contributed by atoms with E-state index < -0.39 is 0 Å². The summed E-state index contributed by atoms with van der Waals surface area (Å²) in [7, 11) is 0. The summed E-state index contributed by atoms with van der Waals surface area (Å²) in [5, 5.41) is 3.44. The van der Waals surface area contributed by atoms with Crippen molar-refractivity contribution >= 4 is 11.4 Å². The SMILES string of the molecule is CCOc1cc(N)cc(NC2CCCOC2)c1. The van der Waals surface area contributed by atoms with Gasteiger partial charge in [-0.05, 0) is 25.8 Å². The summed E-state index contributed by atoms with van der Waals surface area (Å²) in [6, 6.07) is 6.12. The Hall–Kier alpha value is -1.42. The van der Waals surface area contributed by atoms with Gasteiger partial charge in [-0.3, -0.25) is 0 Å². The number of nitrogens with two attached hydrogens (primary N) is 1. The lowest BCUT2D eigenvalue weighted by atomic mass is 10.1. The molecule has 1 aromatic carbocycles. The quantitative estimate of drug-likeness (QED) is 0.787. The second-order valence-electron chi connectivity index (χ2n) is 4.28. The lowest BCUT2D eigenvalue weighted by Gasteiger charge is -2.24. The zero-order valence-corrected chi connectivity index (χ0v) is 10.2. The fourth-order valence-electron chi connectivity index (χ4n) is 2.05. The molecule has 0 saturated carbocycles. The number of hydrogen-bond donors (Lipinski definition) is 2. The molecule has 1 aliphatic rings. The molecule has 1 saturated heterocycles. The Bertz CT molecular complexity index is 362. The first kappa shape index (κ1) is 12.0. The van der Waals surface area contributed by atoms with Gasteiger partial charge in [0.2, 0.25) is 0 Å². The molecule has 4 heteroatoms. The normalized spacial score (nSPS) is 19.9. The van der Waals surface area contributed by atoms with Crippen molar-refractivity contribution < 1.29 is 9.47 Å². The third-order valence-electron chi connectivity index (χ3n) is 2.77. The van der Waals surface area contributed by atoms with E-state index in [0.29, 0.717) is 12.6 Å². The maximum absolute atomic E-state index is 5.84. The zero-order valence-electron chi connectivity index (χ0n) is 10.2. The Morgan fingerprint density at radius 3 is 3.06 bits per heavy atom. The minimum Gasteiger partial charge on any atom is -0.494 e. The zero-order chi connectivity index (χ0) is 12.1. The second-order valence-corrected chi connectivity index (χ2v) is 4.28. The van der Waals surface area contributed by atoms with Gasteiger partial charge < -0.3 is 20.5 Å². The number of rotatable bonds is 4. The summed E-state index contributed by atoms with van der Waals surface area (Å²) < 4.78 is 10.9. The monoisotopic (exact) mass is 236 g/mol. The van der Waals surface area contributed by atoms with Crippen LogP contribution in [-0.2, 0) is 4.74 Å². The average Bonchev–Trinajstić information content (AvgIpc) is 2.30. The standard InChI is InChI=1S/C13H20N2O2/c1-2-17-13-7-10(14)6-12(8-13)15-11-4-3-5-16-9-11/h6-8,11,15H,2-5,9,14H2,1H3. The van der Waals surface area contributed by atoms with Crippen LogP contribution in [0.25, 0.3) is 0 Å². The molecule has 2 rings (SSSR count). The largest absolute Gasteiger partial charge is 0.494 e. The van der Waals surface area contributed by atoms with Crippen LogP contribution in [0.2, 0.25) is 0 Å². The van der Waals surface area contributed by atoms with E-state index in [9.17, 15) is 0 Å². The van der Waals surface area contributed by atoms with Crippen molar-refractivity contribution in [2.75, 3.05) is 30.9 Å². The van der Waals surface area contributed by atoms with Crippen molar-refractivity contribution in [3.8, 4) is 5.75 Å². The number of benzene rings is 1. The molecule has 0 radical (unpaired) electrons. The number of nitrogen functional groups attached to an aromatic ring is 1. The van der Waals surface area contributed by atoms with Crippen LogP contribution < -0.4 is 15.8 Å². The van der Waals surface area contributed by atoms with E-state index in [2.05, 4.69) is 5.32 Å². The summed E-state index contributed by atoms with van der Waals surface area (Å²) >= 11 is 0. The predicted molar refractivity (Wildman–Crippen MR) is 69.5 cm³/mol. The third kappa shape index (κ3) is 3.53. The molecule has 1 heterocycles. The number of nitrogens with one attached hydrogen (secondary N) is 1. The molecule has 1 aliphatic heterocycles. The van der Waals surface area contributed by atoms with Gasteiger partial charge in [0.1, 0.15) is 5.75 Å². The highest BCUT2D eigenvalue weighted by molar-refractivity contribution is 5.59. The van der Waals surface area contributed by atoms with Crippen LogP contribution in [0.5, 0.6) is 5.75 Å². The molecule has 0 bridgehead atoms. The van der Waals surface area contributed by atoms with Crippen LogP contribution >= 0.6 is 0 Å². The highest BCUT2D eigenvalue weighted by atomic mass is 16.5. The smallest absolute Gasteiger partial charge is 0.123 e. The molecule has 1 aromatic rings. The van der Waals surface area contributed by atoms with Crippen molar-refractivity contribution in [3.05, 3.63) is 18.2 Å². The summed E-state index contributed by atoms with van der Waals surface area (Å²) in [5.74, 6) is 0.812. The van der Waals surface area contributed by atoms with Crippen molar-refractivity contribution in [2.24, 2.45) is 0 Å². The molecule has 4 nitrogen and oxygen atoms in total.